The normalized spacial score (nSPS) is 6.11. The summed E-state index contributed by atoms with van der Waals surface area (Å²) in [5.41, 5.74) is 0. The largest absolute Gasteiger partial charge is 0.466 e. The third-order valence-corrected chi connectivity index (χ3v) is 2.81. The zero-order valence-electron chi connectivity index (χ0n) is 17.6. The Balaban J connectivity index is -0.00000000908. The summed E-state index contributed by atoms with van der Waals surface area (Å²) < 4.78 is 14.9. The zero-order chi connectivity index (χ0) is 19.1. The van der Waals surface area contributed by atoms with Gasteiger partial charge in [-0.05, 0) is 46.8 Å². The highest BCUT2D eigenvalue weighted by Crippen LogP contribution is 2.01. The van der Waals surface area contributed by atoms with E-state index in [1.54, 1.807) is 13.8 Å². The van der Waals surface area contributed by atoms with Crippen LogP contribution in [0.4, 0.5) is 0 Å². The van der Waals surface area contributed by atoms with Gasteiger partial charge in [-0.15, -0.1) is 0 Å². The molecule has 0 atom stereocenters. The first-order chi connectivity index (χ1) is 10.7. The van der Waals surface area contributed by atoms with Crippen LogP contribution >= 0.6 is 0 Å². The summed E-state index contributed by atoms with van der Waals surface area (Å²) in [6, 6.07) is 0. The van der Waals surface area contributed by atoms with Crippen molar-refractivity contribution in [2.45, 2.75) is 176 Å². The molecule has 0 N–H and O–H groups in total. The molecule has 0 unspecified atom stereocenters. The molecule has 0 spiro atoms. The molecule has 4 nitrogen and oxygen atoms in total. The van der Waals surface area contributed by atoms with Crippen molar-refractivity contribution in [2.24, 2.45) is 0 Å². The van der Waals surface area contributed by atoms with Gasteiger partial charge in [-0.3, -0.25) is 4.79 Å². The van der Waals surface area contributed by atoms with Crippen molar-refractivity contribution in [3.05, 3.63) is 0 Å². The van der Waals surface area contributed by atoms with Gasteiger partial charge in [0.25, 0.3) is 0 Å². The zero-order valence-corrected chi connectivity index (χ0v) is 18.6. The Morgan fingerprint density at radius 1 is 0.571 bits per heavy atom. The molecule has 0 fully saturated rings. The molecule has 0 aliphatic heterocycles. The van der Waals surface area contributed by atoms with Crippen LogP contribution < -0.4 is 0 Å². The summed E-state index contributed by atoms with van der Waals surface area (Å²) in [5.74, 6) is -0.123. The van der Waals surface area contributed by atoms with Crippen molar-refractivity contribution >= 4 is 14.3 Å². The van der Waals surface area contributed by atoms with Crippen molar-refractivity contribution in [3.63, 3.8) is 0 Å². The number of carbonyl (C=O) groups excluding carboxylic acids is 1. The molecule has 0 heterocycles. The monoisotopic (exact) mass is 545 g/mol. The fraction of sp³-hybridized carbons (Fsp3) is 0.967. The highest BCUT2D eigenvalue weighted by molar-refractivity contribution is 6.69. The first-order valence-corrected chi connectivity index (χ1v) is 12.5. The minimum absolute atomic E-state index is 0. The molecule has 0 aromatic rings. The summed E-state index contributed by atoms with van der Waals surface area (Å²) >= 11 is 0. The number of rotatable bonds is 7. The second kappa shape index (κ2) is 103. The van der Waals surface area contributed by atoms with E-state index >= 15 is 0 Å². The van der Waals surface area contributed by atoms with Gasteiger partial charge in [0.05, 0.1) is 6.61 Å². The third kappa shape index (κ3) is 249. The van der Waals surface area contributed by atoms with E-state index in [9.17, 15) is 4.79 Å². The van der Waals surface area contributed by atoms with E-state index in [1.807, 2.05) is 13.8 Å². The highest BCUT2D eigenvalue weighted by Gasteiger charge is 2.12. The molecular formula is C30H92O4Si. The quantitative estimate of drug-likeness (QED) is 0.236. The van der Waals surface area contributed by atoms with Gasteiger partial charge in [0.2, 0.25) is 0 Å². The van der Waals surface area contributed by atoms with Gasteiger partial charge in [-0.2, -0.15) is 0 Å². The van der Waals surface area contributed by atoms with Gasteiger partial charge in [0.15, 0.2) is 8.32 Å². The van der Waals surface area contributed by atoms with Crippen LogP contribution in [0.3, 0.4) is 0 Å². The summed E-state index contributed by atoms with van der Waals surface area (Å²) in [6.07, 6.45) is 2.87. The van der Waals surface area contributed by atoms with Crippen LogP contribution in [-0.4, -0.2) is 40.7 Å². The minimum Gasteiger partial charge on any atom is -0.466 e. The summed E-state index contributed by atoms with van der Waals surface area (Å²) in [7, 11) is -1.18. The Morgan fingerprint density at radius 3 is 0.914 bits per heavy atom. The summed E-state index contributed by atoms with van der Waals surface area (Å²) in [5, 5.41) is 0. The molecule has 0 amide bonds. The van der Waals surface area contributed by atoms with Crippen molar-refractivity contribution in [1.29, 1.82) is 0 Å². The fourth-order valence-electron chi connectivity index (χ4n) is 0.875. The predicted molar refractivity (Wildman–Crippen MR) is 185 cm³/mol. The average Bonchev–Trinajstić information content (AvgIpc) is 2.47. The van der Waals surface area contributed by atoms with Crippen LogP contribution in [0.15, 0.2) is 0 Å². The van der Waals surface area contributed by atoms with Crippen molar-refractivity contribution in [2.75, 3.05) is 26.4 Å². The molecule has 0 radical (unpaired) electrons. The van der Waals surface area contributed by atoms with Crippen molar-refractivity contribution in [1.82, 2.24) is 0 Å². The Kier molecular flexibility index (Phi) is 333. The Hall–Kier alpha value is -0.393. The molecule has 0 aromatic heterocycles. The van der Waals surface area contributed by atoms with Gasteiger partial charge in [0, 0.05) is 26.2 Å². The molecule has 0 aliphatic rings. The van der Waals surface area contributed by atoms with E-state index in [2.05, 4.69) is 45.1 Å². The standard InChI is InChI=1S/C6H16OSi.C5H10O2.C4H10O.C3H8.12CH4/c1-5-6-7-8(2,3)4;1-3-5(6)7-4-2;1-3-5-4-2;1-3-2;;;;;;;;;;;;/h5-6H2,1-4H3;3-4H2,1-2H3;3-4H2,1-2H3;3H2,1-2H3;12*1H4. The number of esters is 1. The Labute approximate surface area is 235 Å². The van der Waals surface area contributed by atoms with Gasteiger partial charge in [0.1, 0.15) is 0 Å². The van der Waals surface area contributed by atoms with Crippen LogP contribution in [-0.2, 0) is 18.7 Å². The van der Waals surface area contributed by atoms with Crippen LogP contribution in [0.2, 0.25) is 19.6 Å². The molecule has 240 valence electrons. The van der Waals surface area contributed by atoms with Crippen molar-refractivity contribution < 1.29 is 18.7 Å². The van der Waals surface area contributed by atoms with Crippen LogP contribution in [0, 0.1) is 0 Å². The van der Waals surface area contributed by atoms with Crippen LogP contribution in [0.1, 0.15) is 157 Å². The van der Waals surface area contributed by atoms with E-state index in [-0.39, 0.29) is 95.1 Å². The lowest BCUT2D eigenvalue weighted by molar-refractivity contribution is -0.142. The van der Waals surface area contributed by atoms with Gasteiger partial charge < -0.3 is 13.9 Å². The molecule has 0 saturated carbocycles. The molecule has 0 aliphatic carbocycles. The summed E-state index contributed by atoms with van der Waals surface area (Å²) in [6.45, 7) is 23.7. The molecule has 35 heavy (non-hydrogen) atoms. The van der Waals surface area contributed by atoms with E-state index in [4.69, 9.17) is 9.16 Å². The SMILES string of the molecule is C.C.C.C.C.C.C.C.C.C.C.C.CCC.CCCO[Si](C)(C)C.CCOC(=O)CC.CCOCC. The lowest BCUT2D eigenvalue weighted by Gasteiger charge is -2.15. The first-order valence-electron chi connectivity index (χ1n) is 9.07. The Bertz CT molecular complexity index is 205. The number of ether oxygens (including phenoxy) is 2. The molecule has 5 heteroatoms. The maximum atomic E-state index is 10.2. The third-order valence-electron chi connectivity index (χ3n) is 1.74. The van der Waals surface area contributed by atoms with Gasteiger partial charge >= 0.3 is 5.97 Å². The predicted octanol–water partition coefficient (Wildman–Crippen LogP) is 13.3. The van der Waals surface area contributed by atoms with Crippen LogP contribution in [0.5, 0.6) is 0 Å². The van der Waals surface area contributed by atoms with Crippen LogP contribution in [0.25, 0.3) is 0 Å². The maximum absolute atomic E-state index is 10.2. The molecule has 0 rings (SSSR count). The van der Waals surface area contributed by atoms with E-state index < -0.39 is 8.32 Å². The lowest BCUT2D eigenvalue weighted by Crippen LogP contribution is -2.25. The maximum Gasteiger partial charge on any atom is 0.305 e. The Morgan fingerprint density at radius 2 is 0.857 bits per heavy atom. The van der Waals surface area contributed by atoms with E-state index in [1.165, 1.54) is 6.42 Å². The molecule has 0 saturated heterocycles. The molecular weight excluding hydrogens is 452 g/mol. The highest BCUT2D eigenvalue weighted by atomic mass is 28.4. The molecule has 0 bridgehead atoms. The van der Waals surface area contributed by atoms with Gasteiger partial charge in [-0.1, -0.05) is 123 Å². The number of hydrogen-bond acceptors (Lipinski definition) is 4. The van der Waals surface area contributed by atoms with Crippen molar-refractivity contribution in [3.8, 4) is 0 Å². The number of carbonyl (C=O) groups is 1. The number of hydrogen-bond donors (Lipinski definition) is 0. The molecule has 0 aromatic carbocycles. The van der Waals surface area contributed by atoms with E-state index in [0.717, 1.165) is 26.2 Å². The second-order valence-electron chi connectivity index (χ2n) is 5.61. The average molecular weight is 545 g/mol. The topological polar surface area (TPSA) is 44.8 Å². The fourth-order valence-corrected chi connectivity index (χ4v) is 1.69. The van der Waals surface area contributed by atoms with Gasteiger partial charge in [-0.25, -0.2) is 0 Å². The smallest absolute Gasteiger partial charge is 0.305 e. The van der Waals surface area contributed by atoms with E-state index in [0.29, 0.717) is 13.0 Å². The minimum atomic E-state index is -1.18. The first kappa shape index (κ1) is 113. The lowest BCUT2D eigenvalue weighted by atomic mass is 10.5. The second-order valence-corrected chi connectivity index (χ2v) is 10.1. The summed E-state index contributed by atoms with van der Waals surface area (Å²) in [4.78, 5) is 10.2.